The molecule has 0 heterocycles. The molecule has 8 heteroatoms. The first-order valence-corrected chi connectivity index (χ1v) is 6.50. The molecule has 0 radical (unpaired) electrons. The van der Waals surface area contributed by atoms with Gasteiger partial charge in [0.05, 0.1) is 29.6 Å². The van der Waals surface area contributed by atoms with E-state index in [4.69, 9.17) is 14.7 Å². The summed E-state index contributed by atoms with van der Waals surface area (Å²) in [7, 11) is 3.09. The number of methoxy groups -OCH3 is 1. The Balaban J connectivity index is 2.66. The van der Waals surface area contributed by atoms with Crippen LogP contribution in [-0.4, -0.2) is 53.0 Å². The highest BCUT2D eigenvalue weighted by molar-refractivity contribution is 5.70. The number of carbonyl (C=O) groups is 1. The number of aliphatic carboxylic acids is 1. The lowest BCUT2D eigenvalue weighted by Gasteiger charge is -2.26. The lowest BCUT2D eigenvalue weighted by Crippen LogP contribution is -2.42. The number of hydrazine groups is 1. The van der Waals surface area contributed by atoms with Crippen molar-refractivity contribution < 1.29 is 24.4 Å². The van der Waals surface area contributed by atoms with Gasteiger partial charge in [-0.25, -0.2) is 0 Å². The molecule has 0 bridgehead atoms. The lowest BCUT2D eigenvalue weighted by atomic mass is 10.1. The monoisotopic (exact) mass is 289 g/mol. The summed E-state index contributed by atoms with van der Waals surface area (Å²) in [6.45, 7) is 5.59. The molecule has 0 amide bonds. The molecule has 116 valence electrons. The molecule has 0 saturated heterocycles. The number of nitrogens with zero attached hydrogens (tertiary/aromatic N) is 3. The summed E-state index contributed by atoms with van der Waals surface area (Å²) in [5.74, 6) is -1.41. The van der Waals surface area contributed by atoms with Crippen molar-refractivity contribution in [1.82, 2.24) is 5.01 Å². The van der Waals surface area contributed by atoms with Gasteiger partial charge in [0, 0.05) is 13.5 Å². The summed E-state index contributed by atoms with van der Waals surface area (Å²) in [6, 6.07) is 0. The van der Waals surface area contributed by atoms with Gasteiger partial charge in [-0.3, -0.25) is 4.79 Å². The van der Waals surface area contributed by atoms with Crippen LogP contribution in [0.15, 0.2) is 5.28 Å². The van der Waals surface area contributed by atoms with E-state index in [1.54, 1.807) is 7.05 Å². The van der Waals surface area contributed by atoms with Crippen molar-refractivity contribution in [3.63, 3.8) is 0 Å². The second-order valence-electron chi connectivity index (χ2n) is 5.95. The molecule has 0 aromatic heterocycles. The molecule has 20 heavy (non-hydrogen) atoms. The zero-order valence-electron chi connectivity index (χ0n) is 12.6. The van der Waals surface area contributed by atoms with E-state index < -0.39 is 23.5 Å². The molecule has 1 aliphatic rings. The van der Waals surface area contributed by atoms with Gasteiger partial charge in [0.1, 0.15) is 0 Å². The fourth-order valence-corrected chi connectivity index (χ4v) is 1.93. The standard InChI is InChI=1S/C12H23N3O5/c1-12(2,3)14(4)15(18)13-20-10-7-8(11(16)17)6-9(10)19-5/h8-10H,6-7H2,1-5H3,(H,16,17)/b15-13-/t8-,9-,10-/m1/s1. The predicted molar refractivity (Wildman–Crippen MR) is 69.6 cm³/mol. The van der Waals surface area contributed by atoms with Crippen molar-refractivity contribution in [2.24, 2.45) is 11.2 Å². The Kier molecular flexibility index (Phi) is 5.15. The van der Waals surface area contributed by atoms with Crippen molar-refractivity contribution in [3.05, 3.63) is 5.21 Å². The highest BCUT2D eigenvalue weighted by Gasteiger charge is 2.40. The van der Waals surface area contributed by atoms with E-state index in [0.29, 0.717) is 11.4 Å². The van der Waals surface area contributed by atoms with Gasteiger partial charge in [-0.1, -0.05) is 0 Å². The maximum atomic E-state index is 11.8. The molecule has 1 fully saturated rings. The van der Waals surface area contributed by atoms with Gasteiger partial charge in [-0.05, 0) is 27.2 Å². The molecule has 1 saturated carbocycles. The average Bonchev–Trinajstić information content (AvgIpc) is 2.77. The quantitative estimate of drug-likeness (QED) is 0.467. The smallest absolute Gasteiger partial charge is 0.306 e. The van der Waals surface area contributed by atoms with Crippen LogP contribution in [0.1, 0.15) is 33.6 Å². The van der Waals surface area contributed by atoms with Crippen LogP contribution in [0.25, 0.3) is 0 Å². The summed E-state index contributed by atoms with van der Waals surface area (Å²) in [5, 5.41) is 25.6. The summed E-state index contributed by atoms with van der Waals surface area (Å²) in [6.07, 6.45) is -0.246. The molecule has 0 aromatic carbocycles. The van der Waals surface area contributed by atoms with E-state index in [0.717, 1.165) is 0 Å². The van der Waals surface area contributed by atoms with Crippen LogP contribution in [0.4, 0.5) is 0 Å². The van der Waals surface area contributed by atoms with E-state index in [-0.39, 0.29) is 12.5 Å². The lowest BCUT2D eigenvalue weighted by molar-refractivity contribution is -0.720. The van der Waals surface area contributed by atoms with Crippen LogP contribution in [0.5, 0.6) is 0 Å². The van der Waals surface area contributed by atoms with Crippen molar-refractivity contribution >= 4 is 5.97 Å². The maximum Gasteiger partial charge on any atom is 0.306 e. The largest absolute Gasteiger partial charge is 0.569 e. The van der Waals surface area contributed by atoms with Gasteiger partial charge in [0.2, 0.25) is 5.28 Å². The van der Waals surface area contributed by atoms with E-state index in [2.05, 4.69) is 5.28 Å². The molecule has 0 spiro atoms. The van der Waals surface area contributed by atoms with Crippen LogP contribution >= 0.6 is 0 Å². The molecule has 0 aromatic rings. The molecule has 3 atom stereocenters. The van der Waals surface area contributed by atoms with E-state index in [9.17, 15) is 10.0 Å². The third-order valence-corrected chi connectivity index (χ3v) is 3.58. The second-order valence-corrected chi connectivity index (χ2v) is 5.95. The summed E-state index contributed by atoms with van der Waals surface area (Å²) >= 11 is 0. The van der Waals surface area contributed by atoms with Crippen LogP contribution in [0, 0.1) is 11.1 Å². The number of hydrogen-bond donors (Lipinski definition) is 1. The van der Waals surface area contributed by atoms with Gasteiger partial charge in [-0.2, -0.15) is 0 Å². The van der Waals surface area contributed by atoms with Gasteiger partial charge in [0.25, 0.3) is 0 Å². The Bertz CT molecular complexity index is 380. The maximum absolute atomic E-state index is 11.8. The topological polar surface area (TPSA) is 97.4 Å². The third-order valence-electron chi connectivity index (χ3n) is 3.58. The molecule has 1 rings (SSSR count). The van der Waals surface area contributed by atoms with Crippen LogP contribution in [0.2, 0.25) is 0 Å². The van der Waals surface area contributed by atoms with Crippen molar-refractivity contribution in [3.8, 4) is 0 Å². The molecule has 1 N–H and O–H groups in total. The first-order valence-electron chi connectivity index (χ1n) is 6.50. The fourth-order valence-electron chi connectivity index (χ4n) is 1.93. The number of hydrogen-bond acceptors (Lipinski definition) is 5. The van der Waals surface area contributed by atoms with Crippen molar-refractivity contribution in [2.75, 3.05) is 14.2 Å². The van der Waals surface area contributed by atoms with Gasteiger partial charge < -0.3 is 19.9 Å². The molecule has 0 aliphatic heterocycles. The number of ether oxygens (including phenoxy) is 1. The Morgan fingerprint density at radius 2 is 1.95 bits per heavy atom. The summed E-state index contributed by atoms with van der Waals surface area (Å²) < 4.78 is 5.18. The van der Waals surface area contributed by atoms with Crippen LogP contribution in [-0.2, 0) is 14.4 Å². The second kappa shape index (κ2) is 6.25. The summed E-state index contributed by atoms with van der Waals surface area (Å²) in [4.78, 5) is 16.5. The highest BCUT2D eigenvalue weighted by Crippen LogP contribution is 2.30. The normalized spacial score (nSPS) is 27.4. The predicted octanol–water partition coefficient (Wildman–Crippen LogP) is 1.40. The fraction of sp³-hybridized carbons (Fsp3) is 0.917. The van der Waals surface area contributed by atoms with Crippen LogP contribution < -0.4 is 0 Å². The third kappa shape index (κ3) is 3.96. The van der Waals surface area contributed by atoms with Crippen molar-refractivity contribution in [1.29, 1.82) is 0 Å². The van der Waals surface area contributed by atoms with Gasteiger partial charge >= 0.3 is 5.97 Å². The minimum atomic E-state index is -0.885. The SMILES string of the molecule is CO[C@@H]1C[C@@H](C(=O)O)C[C@H]1O/N=[N+](\[O-])N(C)C(C)(C)C. The summed E-state index contributed by atoms with van der Waals surface area (Å²) in [5.41, 5.74) is -0.394. The van der Waals surface area contributed by atoms with E-state index in [1.807, 2.05) is 20.8 Å². The molecule has 8 nitrogen and oxygen atoms in total. The minimum Gasteiger partial charge on any atom is -0.569 e. The Hall–Kier alpha value is -1.57. The minimum absolute atomic E-state index is 0.282. The van der Waals surface area contributed by atoms with Gasteiger partial charge in [0.15, 0.2) is 6.10 Å². The zero-order chi connectivity index (χ0) is 15.5. The number of carboxylic acids is 1. The van der Waals surface area contributed by atoms with Gasteiger partial charge in [-0.15, -0.1) is 5.01 Å². The zero-order valence-corrected chi connectivity index (χ0v) is 12.6. The molecule has 1 aliphatic carbocycles. The Morgan fingerprint density at radius 1 is 1.40 bits per heavy atom. The van der Waals surface area contributed by atoms with Crippen LogP contribution in [0.3, 0.4) is 0 Å². The number of carboxylic acid groups (broad SMARTS) is 1. The van der Waals surface area contributed by atoms with E-state index in [1.165, 1.54) is 12.1 Å². The highest BCUT2D eigenvalue weighted by atomic mass is 16.7. The average molecular weight is 289 g/mol. The van der Waals surface area contributed by atoms with E-state index >= 15 is 0 Å². The molecule has 0 unspecified atom stereocenters. The molecular formula is C12H23N3O5. The Morgan fingerprint density at radius 3 is 2.40 bits per heavy atom. The molecular weight excluding hydrogens is 266 g/mol. The first-order chi connectivity index (χ1) is 9.16. The number of rotatable bonds is 5. The van der Waals surface area contributed by atoms with Crippen molar-refractivity contribution in [2.45, 2.75) is 51.4 Å². The first kappa shape index (κ1) is 16.5. The Labute approximate surface area is 118 Å².